The summed E-state index contributed by atoms with van der Waals surface area (Å²) in [7, 11) is 0. The Kier molecular flexibility index (Phi) is 13.3. The van der Waals surface area contributed by atoms with E-state index in [4.69, 9.17) is 20.9 Å². The molecule has 0 aromatic carbocycles. The molecule has 3 aliphatic carbocycles. The van der Waals surface area contributed by atoms with Crippen LogP contribution in [-0.2, 0) is 19.1 Å². The first-order valence-electron chi connectivity index (χ1n) is 19.2. The minimum Gasteiger partial charge on any atom is -0.446 e. The van der Waals surface area contributed by atoms with E-state index in [0.717, 1.165) is 103 Å². The minimum absolute atomic E-state index is 0.152. The summed E-state index contributed by atoms with van der Waals surface area (Å²) < 4.78 is 11.9. The molecule has 4 N–H and O–H groups in total. The quantitative estimate of drug-likeness (QED) is 0.388. The maximum atomic E-state index is 13.5. The fourth-order valence-electron chi connectivity index (χ4n) is 9.11. The number of amides is 4. The molecule has 12 heteroatoms. The number of ether oxygens (including phenoxy) is 2. The summed E-state index contributed by atoms with van der Waals surface area (Å²) in [5.74, 6) is 0.443. The molecule has 0 bridgehead atoms. The summed E-state index contributed by atoms with van der Waals surface area (Å²) in [4.78, 5) is 60.6. The topological polar surface area (TPSA) is 152 Å². The number of hydrogen-bond acceptors (Lipinski definition) is 8. The van der Waals surface area contributed by atoms with Gasteiger partial charge in [0.15, 0.2) is 0 Å². The zero-order chi connectivity index (χ0) is 34.0. The first-order chi connectivity index (χ1) is 23.3. The van der Waals surface area contributed by atoms with Gasteiger partial charge >= 0.3 is 12.2 Å². The first-order valence-corrected chi connectivity index (χ1v) is 19.2. The van der Waals surface area contributed by atoms with Crippen molar-refractivity contribution in [3.8, 4) is 0 Å². The second-order valence-electron chi connectivity index (χ2n) is 15.2. The second-order valence-corrected chi connectivity index (χ2v) is 15.2. The van der Waals surface area contributed by atoms with Crippen LogP contribution in [0.25, 0.3) is 0 Å². The molecule has 2 aliphatic heterocycles. The van der Waals surface area contributed by atoms with Gasteiger partial charge in [0.05, 0.1) is 10.8 Å². The average Bonchev–Trinajstić information content (AvgIpc) is 3.10. The highest BCUT2D eigenvalue weighted by atomic mass is 16.6. The van der Waals surface area contributed by atoms with Gasteiger partial charge in [-0.05, 0) is 90.1 Å². The molecular weight excluding hydrogens is 612 g/mol. The second kappa shape index (κ2) is 17.4. The van der Waals surface area contributed by atoms with E-state index in [0.29, 0.717) is 65.4 Å². The molecule has 272 valence electrons. The molecule has 0 atom stereocenters. The molecule has 4 amide bonds. The molecule has 0 unspecified atom stereocenters. The highest BCUT2D eigenvalue weighted by Gasteiger charge is 2.43. The van der Waals surface area contributed by atoms with Crippen LogP contribution in [0.5, 0.6) is 0 Å². The van der Waals surface area contributed by atoms with Crippen LogP contribution in [0, 0.1) is 10.8 Å². The summed E-state index contributed by atoms with van der Waals surface area (Å²) in [5.41, 5.74) is 11.2. The van der Waals surface area contributed by atoms with Gasteiger partial charge in [0.25, 0.3) is 0 Å². The van der Waals surface area contributed by atoms with Crippen molar-refractivity contribution in [3.05, 3.63) is 0 Å². The van der Waals surface area contributed by atoms with E-state index in [9.17, 15) is 19.2 Å². The fraction of sp³-hybridized carbons (Fsp3) is 0.889. The Morgan fingerprint density at radius 3 is 1.10 bits per heavy atom. The lowest BCUT2D eigenvalue weighted by atomic mass is 9.70. The van der Waals surface area contributed by atoms with Crippen LogP contribution in [0.1, 0.15) is 116 Å². The zero-order valence-corrected chi connectivity index (χ0v) is 29.3. The fourth-order valence-corrected chi connectivity index (χ4v) is 9.11. The minimum atomic E-state index is -0.321. The van der Waals surface area contributed by atoms with Gasteiger partial charge < -0.3 is 40.5 Å². The Morgan fingerprint density at radius 1 is 0.479 bits per heavy atom. The number of piperazine rings is 2. The third-order valence-corrected chi connectivity index (χ3v) is 12.1. The maximum Gasteiger partial charge on any atom is 0.410 e. The lowest BCUT2D eigenvalue weighted by molar-refractivity contribution is -0.147. The standard InChI is InChI=1S/C36H62N6O6/c37-19-17-35(13-3-1-4-14-35)31(43)39-21-25-41(26-22-39)33(45)47-29-9-7-11-30(12-8-10-29)48-34(46)42-27-23-40(24-28-42)32(44)36(18-20-38)15-5-2-6-16-36/h29-30H,1-28,37-38H2/t29-,30-. The van der Waals surface area contributed by atoms with Crippen LogP contribution in [0.15, 0.2) is 0 Å². The van der Waals surface area contributed by atoms with E-state index >= 15 is 0 Å². The van der Waals surface area contributed by atoms with Gasteiger partial charge in [-0.2, -0.15) is 0 Å². The van der Waals surface area contributed by atoms with Gasteiger partial charge in [0.2, 0.25) is 11.8 Å². The van der Waals surface area contributed by atoms with Crippen LogP contribution in [0.3, 0.4) is 0 Å². The normalized spacial score (nSPS) is 26.6. The molecule has 0 spiro atoms. The lowest BCUT2D eigenvalue weighted by Gasteiger charge is -2.43. The Labute approximate surface area is 287 Å². The van der Waals surface area contributed by atoms with Gasteiger partial charge in [-0.25, -0.2) is 9.59 Å². The van der Waals surface area contributed by atoms with Crippen molar-refractivity contribution < 1.29 is 28.7 Å². The van der Waals surface area contributed by atoms with Crippen molar-refractivity contribution >= 4 is 24.0 Å². The molecule has 3 saturated carbocycles. The van der Waals surface area contributed by atoms with Crippen molar-refractivity contribution in [1.82, 2.24) is 19.6 Å². The van der Waals surface area contributed by atoms with Gasteiger partial charge in [0, 0.05) is 52.4 Å². The molecule has 0 aromatic rings. The van der Waals surface area contributed by atoms with Crippen molar-refractivity contribution in [3.63, 3.8) is 0 Å². The van der Waals surface area contributed by atoms with E-state index < -0.39 is 0 Å². The van der Waals surface area contributed by atoms with E-state index in [1.54, 1.807) is 9.80 Å². The van der Waals surface area contributed by atoms with Crippen molar-refractivity contribution in [1.29, 1.82) is 0 Å². The predicted octanol–water partition coefficient (Wildman–Crippen LogP) is 4.24. The number of carbonyl (C=O) groups excluding carboxylic acids is 4. The average molecular weight is 675 g/mol. The molecule has 2 heterocycles. The highest BCUT2D eigenvalue weighted by molar-refractivity contribution is 5.84. The Hall–Kier alpha value is -2.60. The molecule has 5 rings (SSSR count). The largest absolute Gasteiger partial charge is 0.446 e. The van der Waals surface area contributed by atoms with E-state index in [1.165, 1.54) is 12.8 Å². The molecule has 5 aliphatic rings. The molecule has 0 aromatic heterocycles. The highest BCUT2D eigenvalue weighted by Crippen LogP contribution is 2.42. The Morgan fingerprint density at radius 2 is 0.792 bits per heavy atom. The SMILES string of the molecule is NCCC1(C(=O)N2CCN(C(=O)O[C@H]3CCC[C@H](OC(=O)N4CCN(C(=O)C5(CCN)CCCCC5)CC4)CCC3)CC2)CCCCC1. The van der Waals surface area contributed by atoms with E-state index in [2.05, 4.69) is 0 Å². The summed E-state index contributed by atoms with van der Waals surface area (Å²) in [6.07, 6.45) is 15.6. The molecule has 48 heavy (non-hydrogen) atoms. The van der Waals surface area contributed by atoms with Gasteiger partial charge in [-0.15, -0.1) is 0 Å². The molecule has 0 radical (unpaired) electrons. The van der Waals surface area contributed by atoms with Gasteiger partial charge in [-0.1, -0.05) is 38.5 Å². The molecule has 2 saturated heterocycles. The summed E-state index contributed by atoms with van der Waals surface area (Å²) in [6.45, 7) is 5.18. The number of nitrogens with zero attached hydrogens (tertiary/aromatic N) is 4. The monoisotopic (exact) mass is 674 g/mol. The third kappa shape index (κ3) is 8.94. The van der Waals surface area contributed by atoms with Crippen LogP contribution in [-0.4, -0.2) is 121 Å². The third-order valence-electron chi connectivity index (χ3n) is 12.1. The predicted molar refractivity (Wildman–Crippen MR) is 183 cm³/mol. The summed E-state index contributed by atoms with van der Waals surface area (Å²) in [5, 5.41) is 0. The Bertz CT molecular complexity index is 974. The van der Waals surface area contributed by atoms with Crippen LogP contribution < -0.4 is 11.5 Å². The Balaban J connectivity index is 0.996. The zero-order valence-electron chi connectivity index (χ0n) is 29.3. The van der Waals surface area contributed by atoms with Crippen LogP contribution in [0.4, 0.5) is 9.59 Å². The van der Waals surface area contributed by atoms with Crippen molar-refractivity contribution in [2.75, 3.05) is 65.4 Å². The lowest BCUT2D eigenvalue weighted by Crippen LogP contribution is -2.55. The van der Waals surface area contributed by atoms with Crippen molar-refractivity contribution in [2.45, 2.75) is 128 Å². The van der Waals surface area contributed by atoms with E-state index in [1.807, 2.05) is 9.80 Å². The van der Waals surface area contributed by atoms with Crippen LogP contribution in [0.2, 0.25) is 0 Å². The van der Waals surface area contributed by atoms with Crippen LogP contribution >= 0.6 is 0 Å². The number of hydrogen-bond donors (Lipinski definition) is 2. The van der Waals surface area contributed by atoms with Gasteiger partial charge in [0.1, 0.15) is 12.2 Å². The molecule has 12 nitrogen and oxygen atoms in total. The molecule has 5 fully saturated rings. The number of nitrogens with two attached hydrogens (primary N) is 2. The summed E-state index contributed by atoms with van der Waals surface area (Å²) in [6, 6.07) is 0. The number of carbonyl (C=O) groups is 4. The van der Waals surface area contributed by atoms with E-state index in [-0.39, 0.29) is 47.0 Å². The number of rotatable bonds is 8. The summed E-state index contributed by atoms with van der Waals surface area (Å²) >= 11 is 0. The molecular formula is C36H62N6O6. The smallest absolute Gasteiger partial charge is 0.410 e. The first kappa shape index (κ1) is 36.7. The van der Waals surface area contributed by atoms with Gasteiger partial charge in [-0.3, -0.25) is 9.59 Å². The van der Waals surface area contributed by atoms with Crippen molar-refractivity contribution in [2.24, 2.45) is 22.3 Å². The maximum absolute atomic E-state index is 13.5.